The Balaban J connectivity index is 2.72. The number of methoxy groups -OCH3 is 1. The molecule has 2 aromatic heterocycles. The van der Waals surface area contributed by atoms with E-state index >= 15 is 0 Å². The first kappa shape index (κ1) is 8.68. The molecule has 0 bridgehead atoms. The highest BCUT2D eigenvalue weighted by Crippen LogP contribution is 2.11. The summed E-state index contributed by atoms with van der Waals surface area (Å²) in [5.74, 6) is 0.298. The number of fused-ring (bicyclic) bond motifs is 1. The molecule has 5 heteroatoms. The van der Waals surface area contributed by atoms with Crippen molar-refractivity contribution in [3.05, 3.63) is 30.1 Å². The Kier molecular flexibility index (Phi) is 1.92. The van der Waals surface area contributed by atoms with Gasteiger partial charge in [0.15, 0.2) is 5.69 Å². The minimum absolute atomic E-state index is 0.304. The molecule has 0 aromatic carbocycles. The molecule has 14 heavy (non-hydrogen) atoms. The normalized spacial score (nSPS) is 10.4. The van der Waals surface area contributed by atoms with E-state index in [0.29, 0.717) is 11.2 Å². The molecule has 2 aromatic rings. The van der Waals surface area contributed by atoms with Crippen LogP contribution in [0.2, 0.25) is 0 Å². The lowest BCUT2D eigenvalue weighted by atomic mass is 10.4. The van der Waals surface area contributed by atoms with Crippen LogP contribution in [0.5, 0.6) is 0 Å². The Morgan fingerprint density at radius 3 is 3.07 bits per heavy atom. The van der Waals surface area contributed by atoms with Gasteiger partial charge >= 0.3 is 5.97 Å². The van der Waals surface area contributed by atoms with E-state index in [-0.39, 0.29) is 0 Å². The topological polar surface area (TPSA) is 56.5 Å². The van der Waals surface area contributed by atoms with Crippen LogP contribution in [0.4, 0.5) is 0 Å². The number of ether oxygens (including phenoxy) is 1. The maximum absolute atomic E-state index is 11.3. The predicted octanol–water partition coefficient (Wildman–Crippen LogP) is 0.824. The Labute approximate surface area is 80.4 Å². The summed E-state index contributed by atoms with van der Waals surface area (Å²) >= 11 is 0. The van der Waals surface area contributed by atoms with E-state index in [1.54, 1.807) is 23.0 Å². The van der Waals surface area contributed by atoms with Crippen LogP contribution in [0.1, 0.15) is 16.3 Å². The molecule has 72 valence electrons. The fourth-order valence-electron chi connectivity index (χ4n) is 1.34. The van der Waals surface area contributed by atoms with Crippen molar-refractivity contribution in [1.29, 1.82) is 0 Å². The summed E-state index contributed by atoms with van der Waals surface area (Å²) in [6.07, 6.45) is 4.99. The fourth-order valence-corrected chi connectivity index (χ4v) is 1.34. The van der Waals surface area contributed by atoms with Crippen LogP contribution in [0.15, 0.2) is 18.6 Å². The number of rotatable bonds is 1. The number of carbonyl (C=O) groups is 1. The van der Waals surface area contributed by atoms with Gasteiger partial charge < -0.3 is 9.14 Å². The number of esters is 1. The lowest BCUT2D eigenvalue weighted by molar-refractivity contribution is 0.0597. The summed E-state index contributed by atoms with van der Waals surface area (Å²) < 4.78 is 6.41. The standard InChI is InChI=1S/C9H9N3O2/c1-6-11-8(9(13)14-2)7-5-10-3-4-12(6)7/h3-5H,1-2H3. The van der Waals surface area contributed by atoms with Gasteiger partial charge in [0, 0.05) is 12.4 Å². The van der Waals surface area contributed by atoms with E-state index in [1.807, 2.05) is 6.92 Å². The maximum Gasteiger partial charge on any atom is 0.358 e. The SMILES string of the molecule is COC(=O)c1nc(C)n2ccncc12. The quantitative estimate of drug-likeness (QED) is 0.626. The molecular formula is C9H9N3O2. The number of nitrogens with zero attached hydrogens (tertiary/aromatic N) is 3. The minimum Gasteiger partial charge on any atom is -0.464 e. The van der Waals surface area contributed by atoms with Crippen molar-refractivity contribution in [2.24, 2.45) is 0 Å². The van der Waals surface area contributed by atoms with Crippen LogP contribution in [-0.2, 0) is 4.74 Å². The van der Waals surface area contributed by atoms with Gasteiger partial charge in [-0.25, -0.2) is 9.78 Å². The van der Waals surface area contributed by atoms with Crippen LogP contribution in [0.25, 0.3) is 5.52 Å². The van der Waals surface area contributed by atoms with Crippen LogP contribution in [-0.4, -0.2) is 27.4 Å². The summed E-state index contributed by atoms with van der Waals surface area (Å²) in [6, 6.07) is 0. The Morgan fingerprint density at radius 1 is 1.57 bits per heavy atom. The second-order valence-corrected chi connectivity index (χ2v) is 2.83. The third-order valence-corrected chi connectivity index (χ3v) is 2.00. The molecule has 0 aliphatic heterocycles. The van der Waals surface area contributed by atoms with Gasteiger partial charge in [0.05, 0.1) is 18.8 Å². The molecule has 0 fully saturated rings. The third-order valence-electron chi connectivity index (χ3n) is 2.00. The second kappa shape index (κ2) is 3.10. The summed E-state index contributed by atoms with van der Waals surface area (Å²) in [4.78, 5) is 19.4. The van der Waals surface area contributed by atoms with Crippen molar-refractivity contribution in [2.45, 2.75) is 6.92 Å². The summed E-state index contributed by atoms with van der Waals surface area (Å²) in [5, 5.41) is 0. The van der Waals surface area contributed by atoms with E-state index in [1.165, 1.54) is 7.11 Å². The zero-order valence-electron chi connectivity index (χ0n) is 7.89. The van der Waals surface area contributed by atoms with Crippen LogP contribution >= 0.6 is 0 Å². The average molecular weight is 191 g/mol. The molecule has 0 aliphatic carbocycles. The van der Waals surface area contributed by atoms with E-state index in [0.717, 1.165) is 5.82 Å². The molecule has 0 saturated heterocycles. The highest BCUT2D eigenvalue weighted by molar-refractivity contribution is 5.94. The molecular weight excluding hydrogens is 182 g/mol. The Bertz CT molecular complexity index is 490. The number of imidazole rings is 1. The Hall–Kier alpha value is -1.91. The Morgan fingerprint density at radius 2 is 2.36 bits per heavy atom. The lowest BCUT2D eigenvalue weighted by Gasteiger charge is -1.95. The van der Waals surface area contributed by atoms with Gasteiger partial charge in [0.1, 0.15) is 5.82 Å². The molecule has 0 spiro atoms. The van der Waals surface area contributed by atoms with Crippen LogP contribution < -0.4 is 0 Å². The van der Waals surface area contributed by atoms with Crippen molar-refractivity contribution >= 4 is 11.5 Å². The third kappa shape index (κ3) is 1.14. The highest BCUT2D eigenvalue weighted by atomic mass is 16.5. The van der Waals surface area contributed by atoms with E-state index in [2.05, 4.69) is 14.7 Å². The zero-order valence-corrected chi connectivity index (χ0v) is 7.89. The molecule has 0 N–H and O–H groups in total. The summed E-state index contributed by atoms with van der Waals surface area (Å²) in [6.45, 7) is 1.82. The lowest BCUT2D eigenvalue weighted by Crippen LogP contribution is -2.02. The maximum atomic E-state index is 11.3. The van der Waals surface area contributed by atoms with Gasteiger partial charge in [0.25, 0.3) is 0 Å². The first-order chi connectivity index (χ1) is 6.74. The molecule has 5 nitrogen and oxygen atoms in total. The number of hydrogen-bond acceptors (Lipinski definition) is 4. The van der Waals surface area contributed by atoms with Gasteiger partial charge in [-0.2, -0.15) is 0 Å². The van der Waals surface area contributed by atoms with E-state index in [9.17, 15) is 4.79 Å². The highest BCUT2D eigenvalue weighted by Gasteiger charge is 2.15. The smallest absolute Gasteiger partial charge is 0.358 e. The predicted molar refractivity (Wildman–Crippen MR) is 49.1 cm³/mol. The zero-order chi connectivity index (χ0) is 10.1. The van der Waals surface area contributed by atoms with E-state index < -0.39 is 5.97 Å². The van der Waals surface area contributed by atoms with Crippen molar-refractivity contribution in [1.82, 2.24) is 14.4 Å². The van der Waals surface area contributed by atoms with Gasteiger partial charge in [-0.3, -0.25) is 4.98 Å². The van der Waals surface area contributed by atoms with Gasteiger partial charge in [-0.05, 0) is 6.92 Å². The minimum atomic E-state index is -0.441. The molecule has 0 saturated carbocycles. The van der Waals surface area contributed by atoms with Crippen molar-refractivity contribution in [3.63, 3.8) is 0 Å². The molecule has 0 atom stereocenters. The molecule has 2 rings (SSSR count). The van der Waals surface area contributed by atoms with E-state index in [4.69, 9.17) is 0 Å². The van der Waals surface area contributed by atoms with Gasteiger partial charge in [0.2, 0.25) is 0 Å². The number of aryl methyl sites for hydroxylation is 1. The van der Waals surface area contributed by atoms with Gasteiger partial charge in [-0.15, -0.1) is 0 Å². The van der Waals surface area contributed by atoms with Gasteiger partial charge in [-0.1, -0.05) is 0 Å². The fraction of sp³-hybridized carbons (Fsp3) is 0.222. The van der Waals surface area contributed by atoms with Crippen molar-refractivity contribution in [2.75, 3.05) is 7.11 Å². The molecule has 2 heterocycles. The number of hydrogen-bond donors (Lipinski definition) is 0. The monoisotopic (exact) mass is 191 g/mol. The number of carbonyl (C=O) groups excluding carboxylic acids is 1. The summed E-state index contributed by atoms with van der Waals surface area (Å²) in [7, 11) is 1.33. The summed E-state index contributed by atoms with van der Waals surface area (Å²) in [5.41, 5.74) is 0.968. The molecule has 0 amide bonds. The van der Waals surface area contributed by atoms with Crippen molar-refractivity contribution < 1.29 is 9.53 Å². The molecule has 0 radical (unpaired) electrons. The van der Waals surface area contributed by atoms with Crippen LogP contribution in [0, 0.1) is 6.92 Å². The average Bonchev–Trinajstić information content (AvgIpc) is 2.56. The molecule has 0 aliphatic rings. The largest absolute Gasteiger partial charge is 0.464 e. The second-order valence-electron chi connectivity index (χ2n) is 2.83. The first-order valence-electron chi connectivity index (χ1n) is 4.11. The number of aromatic nitrogens is 3. The first-order valence-corrected chi connectivity index (χ1v) is 4.11. The van der Waals surface area contributed by atoms with Crippen molar-refractivity contribution in [3.8, 4) is 0 Å². The van der Waals surface area contributed by atoms with Crippen LogP contribution in [0.3, 0.4) is 0 Å². The molecule has 0 unspecified atom stereocenters.